The van der Waals surface area contributed by atoms with Crippen LogP contribution in [-0.4, -0.2) is 25.2 Å². The molecule has 2 rings (SSSR count). The van der Waals surface area contributed by atoms with Crippen molar-refractivity contribution in [2.24, 2.45) is 11.5 Å². The minimum absolute atomic E-state index is 0.0156. The number of carbonyl (C=O) groups excluding carboxylic acids is 1. The Kier molecular flexibility index (Phi) is 4.16. The molecule has 1 aliphatic rings. The number of carbonyl (C=O) groups is 1. The van der Waals surface area contributed by atoms with Crippen molar-refractivity contribution in [3.8, 4) is 0 Å². The van der Waals surface area contributed by atoms with Crippen LogP contribution in [0.4, 0.5) is 0 Å². The molecule has 0 saturated carbocycles. The summed E-state index contributed by atoms with van der Waals surface area (Å²) >= 11 is 0. The van der Waals surface area contributed by atoms with Crippen molar-refractivity contribution < 1.29 is 9.53 Å². The van der Waals surface area contributed by atoms with Gasteiger partial charge in [0.05, 0.1) is 6.10 Å². The van der Waals surface area contributed by atoms with Gasteiger partial charge < -0.3 is 16.2 Å². The Morgan fingerprint density at radius 2 is 2.05 bits per heavy atom. The fraction of sp³-hybridized carbons (Fsp3) is 0.562. The largest absolute Gasteiger partial charge is 0.379 e. The van der Waals surface area contributed by atoms with Gasteiger partial charge in [0.2, 0.25) is 5.91 Å². The number of rotatable bonds is 4. The zero-order chi connectivity index (χ0) is 14.9. The van der Waals surface area contributed by atoms with E-state index in [1.54, 1.807) is 13.2 Å². The van der Waals surface area contributed by atoms with E-state index in [1.165, 1.54) is 11.1 Å². The van der Waals surface area contributed by atoms with Gasteiger partial charge in [-0.2, -0.15) is 0 Å². The summed E-state index contributed by atoms with van der Waals surface area (Å²) in [5.41, 5.74) is 14.7. The second-order valence-corrected chi connectivity index (χ2v) is 5.60. The lowest BCUT2D eigenvalue weighted by atomic mass is 9.62. The zero-order valence-corrected chi connectivity index (χ0v) is 12.5. The number of nitrogens with two attached hydrogens (primary N) is 2. The van der Waals surface area contributed by atoms with Crippen LogP contribution in [-0.2, 0) is 16.6 Å². The molecule has 0 aromatic heterocycles. The first kappa shape index (κ1) is 15.0. The lowest BCUT2D eigenvalue weighted by molar-refractivity contribution is 0.0400. The van der Waals surface area contributed by atoms with Gasteiger partial charge in [-0.3, -0.25) is 4.79 Å². The smallest absolute Gasteiger partial charge is 0.248 e. The molecule has 0 fully saturated rings. The van der Waals surface area contributed by atoms with Gasteiger partial charge in [0.15, 0.2) is 0 Å². The average Bonchev–Trinajstić information content (AvgIpc) is 2.46. The molecule has 1 aromatic carbocycles. The van der Waals surface area contributed by atoms with Crippen molar-refractivity contribution in [1.82, 2.24) is 0 Å². The summed E-state index contributed by atoms with van der Waals surface area (Å²) in [6, 6.07) is 5.64. The highest BCUT2D eigenvalue weighted by molar-refractivity contribution is 5.93. The van der Waals surface area contributed by atoms with Crippen LogP contribution in [0.1, 0.15) is 48.2 Å². The van der Waals surface area contributed by atoms with Gasteiger partial charge in [0.1, 0.15) is 0 Å². The number of benzene rings is 1. The lowest BCUT2D eigenvalue weighted by Gasteiger charge is -2.46. The summed E-state index contributed by atoms with van der Waals surface area (Å²) in [7, 11) is 1.71. The minimum Gasteiger partial charge on any atom is -0.379 e. The Bertz CT molecular complexity index is 509. The molecule has 0 radical (unpaired) electrons. The standard InChI is InChI=1S/C16H24N2O2/c1-4-16(5-2)12-8-11(15(18)19)7-6-10(12)9-13(20-3)14(16)17/h6-8,13-14H,4-5,9,17H2,1-3H3,(H2,18,19). The number of hydrogen-bond acceptors (Lipinski definition) is 3. The minimum atomic E-state index is -0.392. The van der Waals surface area contributed by atoms with Crippen LogP contribution in [0.15, 0.2) is 18.2 Å². The van der Waals surface area contributed by atoms with Crippen molar-refractivity contribution in [2.75, 3.05) is 7.11 Å². The summed E-state index contributed by atoms with van der Waals surface area (Å²) < 4.78 is 5.58. The van der Waals surface area contributed by atoms with Crippen molar-refractivity contribution in [2.45, 2.75) is 50.7 Å². The third-order valence-corrected chi connectivity index (χ3v) is 4.96. The molecule has 0 aliphatic heterocycles. The molecule has 2 atom stereocenters. The van der Waals surface area contributed by atoms with E-state index in [0.717, 1.165) is 19.3 Å². The van der Waals surface area contributed by atoms with E-state index >= 15 is 0 Å². The van der Waals surface area contributed by atoms with Crippen LogP contribution in [0.3, 0.4) is 0 Å². The molecule has 1 aliphatic carbocycles. The SMILES string of the molecule is CCC1(CC)c2cc(C(N)=O)ccc2CC(OC)C1N. The fourth-order valence-corrected chi connectivity index (χ4v) is 3.58. The second kappa shape index (κ2) is 5.54. The molecule has 0 heterocycles. The van der Waals surface area contributed by atoms with E-state index in [0.29, 0.717) is 5.56 Å². The van der Waals surface area contributed by atoms with Gasteiger partial charge in [-0.25, -0.2) is 0 Å². The lowest BCUT2D eigenvalue weighted by Crippen LogP contribution is -2.56. The van der Waals surface area contributed by atoms with Crippen molar-refractivity contribution in [3.63, 3.8) is 0 Å². The Balaban J connectivity index is 2.62. The van der Waals surface area contributed by atoms with Crippen LogP contribution < -0.4 is 11.5 Å². The van der Waals surface area contributed by atoms with Crippen LogP contribution >= 0.6 is 0 Å². The summed E-state index contributed by atoms with van der Waals surface area (Å²) in [6.45, 7) is 4.28. The maximum absolute atomic E-state index is 11.4. The monoisotopic (exact) mass is 276 g/mol. The van der Waals surface area contributed by atoms with Gasteiger partial charge in [0.25, 0.3) is 0 Å². The summed E-state index contributed by atoms with van der Waals surface area (Å²) in [6.07, 6.45) is 2.63. The molecular weight excluding hydrogens is 252 g/mol. The topological polar surface area (TPSA) is 78.3 Å². The quantitative estimate of drug-likeness (QED) is 0.879. The van der Waals surface area contributed by atoms with E-state index in [4.69, 9.17) is 16.2 Å². The summed E-state index contributed by atoms with van der Waals surface area (Å²) in [4.78, 5) is 11.4. The number of methoxy groups -OCH3 is 1. The van der Waals surface area contributed by atoms with Crippen molar-refractivity contribution >= 4 is 5.91 Å². The van der Waals surface area contributed by atoms with Crippen LogP contribution in [0.2, 0.25) is 0 Å². The van der Waals surface area contributed by atoms with E-state index in [1.807, 2.05) is 12.1 Å². The average molecular weight is 276 g/mol. The third kappa shape index (κ3) is 2.13. The van der Waals surface area contributed by atoms with Gasteiger partial charge in [-0.15, -0.1) is 0 Å². The maximum Gasteiger partial charge on any atom is 0.248 e. The van der Waals surface area contributed by atoms with E-state index in [9.17, 15) is 4.79 Å². The molecule has 20 heavy (non-hydrogen) atoms. The molecule has 4 heteroatoms. The number of primary amides is 1. The van der Waals surface area contributed by atoms with E-state index in [-0.39, 0.29) is 17.6 Å². The number of ether oxygens (including phenoxy) is 1. The molecular formula is C16H24N2O2. The predicted molar refractivity (Wildman–Crippen MR) is 79.7 cm³/mol. The molecule has 0 saturated heterocycles. The van der Waals surface area contributed by atoms with Gasteiger partial charge in [0, 0.05) is 30.6 Å². The molecule has 0 bridgehead atoms. The number of amides is 1. The molecule has 110 valence electrons. The highest BCUT2D eigenvalue weighted by Crippen LogP contribution is 2.43. The molecule has 2 unspecified atom stereocenters. The Morgan fingerprint density at radius 3 is 2.55 bits per heavy atom. The highest BCUT2D eigenvalue weighted by Gasteiger charge is 2.45. The van der Waals surface area contributed by atoms with Crippen molar-refractivity contribution in [3.05, 3.63) is 34.9 Å². The Morgan fingerprint density at radius 1 is 1.40 bits per heavy atom. The van der Waals surface area contributed by atoms with Crippen LogP contribution in [0, 0.1) is 0 Å². The zero-order valence-electron chi connectivity index (χ0n) is 12.5. The number of hydrogen-bond donors (Lipinski definition) is 2. The molecule has 0 spiro atoms. The van der Waals surface area contributed by atoms with Gasteiger partial charge in [-0.05, 0) is 36.1 Å². The number of fused-ring (bicyclic) bond motifs is 1. The van der Waals surface area contributed by atoms with Crippen LogP contribution in [0.5, 0.6) is 0 Å². The molecule has 1 aromatic rings. The van der Waals surface area contributed by atoms with Gasteiger partial charge >= 0.3 is 0 Å². The maximum atomic E-state index is 11.4. The fourth-order valence-electron chi connectivity index (χ4n) is 3.58. The third-order valence-electron chi connectivity index (χ3n) is 4.96. The highest BCUT2D eigenvalue weighted by atomic mass is 16.5. The Labute approximate surface area is 120 Å². The second-order valence-electron chi connectivity index (χ2n) is 5.60. The Hall–Kier alpha value is -1.39. The van der Waals surface area contributed by atoms with Gasteiger partial charge in [-0.1, -0.05) is 19.9 Å². The first-order valence-electron chi connectivity index (χ1n) is 7.21. The van der Waals surface area contributed by atoms with E-state index in [2.05, 4.69) is 13.8 Å². The first-order valence-corrected chi connectivity index (χ1v) is 7.21. The normalized spacial score (nSPS) is 24.2. The summed E-state index contributed by atoms with van der Waals surface area (Å²) in [5, 5.41) is 0. The van der Waals surface area contributed by atoms with Crippen molar-refractivity contribution in [1.29, 1.82) is 0 Å². The molecule has 4 nitrogen and oxygen atoms in total. The first-order chi connectivity index (χ1) is 9.50. The predicted octanol–water partition coefficient (Wildman–Crippen LogP) is 1.74. The van der Waals surface area contributed by atoms with E-state index < -0.39 is 5.91 Å². The summed E-state index contributed by atoms with van der Waals surface area (Å²) in [5.74, 6) is -0.392. The molecule has 4 N–H and O–H groups in total. The van der Waals surface area contributed by atoms with Crippen LogP contribution in [0.25, 0.3) is 0 Å². The molecule has 1 amide bonds.